The molecule has 0 amide bonds. The number of aryl methyl sites for hydroxylation is 1. The zero-order chi connectivity index (χ0) is 15.0. The quantitative estimate of drug-likeness (QED) is 0.745. The van der Waals surface area contributed by atoms with Crippen molar-refractivity contribution < 1.29 is 4.74 Å². The Bertz CT molecular complexity index is 790. The van der Waals surface area contributed by atoms with Crippen LogP contribution in [-0.4, -0.2) is 16.7 Å². The van der Waals surface area contributed by atoms with E-state index in [0.29, 0.717) is 10.7 Å². The van der Waals surface area contributed by atoms with Gasteiger partial charge in [0, 0.05) is 18.3 Å². The van der Waals surface area contributed by atoms with E-state index < -0.39 is 0 Å². The van der Waals surface area contributed by atoms with Gasteiger partial charge >= 0.3 is 0 Å². The second-order valence-corrected chi connectivity index (χ2v) is 5.15. The van der Waals surface area contributed by atoms with E-state index >= 15 is 0 Å². The molecule has 0 saturated heterocycles. The molecule has 21 heavy (non-hydrogen) atoms. The fourth-order valence-electron chi connectivity index (χ4n) is 2.52. The summed E-state index contributed by atoms with van der Waals surface area (Å²) in [7, 11) is 1.64. The molecule has 0 aliphatic carbocycles. The highest BCUT2D eigenvalue weighted by atomic mass is 35.5. The van der Waals surface area contributed by atoms with Crippen molar-refractivity contribution in [2.75, 3.05) is 12.8 Å². The van der Waals surface area contributed by atoms with E-state index in [1.807, 2.05) is 36.4 Å². The van der Waals surface area contributed by atoms with Crippen LogP contribution in [0.15, 0.2) is 36.4 Å². The van der Waals surface area contributed by atoms with Crippen molar-refractivity contribution in [1.82, 2.24) is 9.55 Å². The van der Waals surface area contributed by atoms with Crippen molar-refractivity contribution >= 4 is 28.3 Å². The van der Waals surface area contributed by atoms with Crippen molar-refractivity contribution in [3.8, 4) is 17.1 Å². The van der Waals surface area contributed by atoms with Crippen molar-refractivity contribution in [1.29, 1.82) is 0 Å². The largest absolute Gasteiger partial charge is 0.497 e. The maximum absolute atomic E-state index is 6.32. The minimum absolute atomic E-state index is 0.604. The number of halogens is 1. The van der Waals surface area contributed by atoms with Gasteiger partial charge in [0.2, 0.25) is 0 Å². The van der Waals surface area contributed by atoms with Crippen LogP contribution in [0.3, 0.4) is 0 Å². The number of ether oxygens (including phenoxy) is 1. The third kappa shape index (κ3) is 2.21. The lowest BCUT2D eigenvalue weighted by molar-refractivity contribution is 0.415. The summed E-state index contributed by atoms with van der Waals surface area (Å²) in [4.78, 5) is 4.70. The molecule has 5 heteroatoms. The zero-order valence-corrected chi connectivity index (χ0v) is 12.7. The Morgan fingerprint density at radius 3 is 2.76 bits per heavy atom. The molecule has 1 heterocycles. The Balaban J connectivity index is 2.32. The molecule has 2 aromatic carbocycles. The maximum Gasteiger partial charge on any atom is 0.144 e. The predicted molar refractivity (Wildman–Crippen MR) is 86.8 cm³/mol. The Morgan fingerprint density at radius 2 is 2.10 bits per heavy atom. The zero-order valence-electron chi connectivity index (χ0n) is 11.9. The third-order valence-electron chi connectivity index (χ3n) is 3.54. The van der Waals surface area contributed by atoms with Gasteiger partial charge in [-0.2, -0.15) is 0 Å². The number of imidazole rings is 1. The number of hydrogen-bond acceptors (Lipinski definition) is 3. The smallest absolute Gasteiger partial charge is 0.144 e. The maximum atomic E-state index is 6.32. The fourth-order valence-corrected chi connectivity index (χ4v) is 2.79. The molecular formula is C16H16ClN3O. The number of nitrogens with two attached hydrogens (primary N) is 1. The van der Waals surface area contributed by atoms with E-state index in [9.17, 15) is 0 Å². The van der Waals surface area contributed by atoms with Crippen molar-refractivity contribution in [2.24, 2.45) is 0 Å². The van der Waals surface area contributed by atoms with Crippen molar-refractivity contribution in [3.63, 3.8) is 0 Å². The SMILES string of the molecule is CCn1c(-c2c(N)cccc2Cl)nc2cc(OC)ccc21. The number of benzene rings is 2. The van der Waals surface area contributed by atoms with Crippen molar-refractivity contribution in [3.05, 3.63) is 41.4 Å². The van der Waals surface area contributed by atoms with Gasteiger partial charge in [-0.3, -0.25) is 0 Å². The lowest BCUT2D eigenvalue weighted by Gasteiger charge is -2.10. The highest BCUT2D eigenvalue weighted by Gasteiger charge is 2.16. The standard InChI is InChI=1S/C16H16ClN3O/c1-3-20-14-8-7-10(21-2)9-13(14)19-16(20)15-11(17)5-4-6-12(15)18/h4-9H,3,18H2,1-2H3. The summed E-state index contributed by atoms with van der Waals surface area (Å²) < 4.78 is 7.36. The Morgan fingerprint density at radius 1 is 1.29 bits per heavy atom. The number of nitrogen functional groups attached to an aromatic ring is 1. The number of methoxy groups -OCH3 is 1. The molecule has 3 rings (SSSR count). The van der Waals surface area contributed by atoms with Crippen molar-refractivity contribution in [2.45, 2.75) is 13.5 Å². The summed E-state index contributed by atoms with van der Waals surface area (Å²) in [6.07, 6.45) is 0. The van der Waals surface area contributed by atoms with Crippen LogP contribution in [0.1, 0.15) is 6.92 Å². The number of nitrogens with zero attached hydrogens (tertiary/aromatic N) is 2. The number of aromatic nitrogens is 2. The molecule has 0 unspecified atom stereocenters. The molecule has 108 valence electrons. The molecule has 0 aliphatic rings. The minimum Gasteiger partial charge on any atom is -0.497 e. The number of fused-ring (bicyclic) bond motifs is 1. The summed E-state index contributed by atoms with van der Waals surface area (Å²) in [5, 5.41) is 0.604. The van der Waals surface area contributed by atoms with Gasteiger partial charge in [-0.25, -0.2) is 4.98 Å². The highest BCUT2D eigenvalue weighted by molar-refractivity contribution is 6.33. The molecule has 0 atom stereocenters. The molecule has 0 fully saturated rings. The lowest BCUT2D eigenvalue weighted by atomic mass is 10.1. The third-order valence-corrected chi connectivity index (χ3v) is 3.86. The normalized spacial score (nSPS) is 11.0. The van der Waals surface area contributed by atoms with E-state index in [1.165, 1.54) is 0 Å². The van der Waals surface area contributed by atoms with E-state index in [4.69, 9.17) is 27.1 Å². The fraction of sp³-hybridized carbons (Fsp3) is 0.188. The molecule has 0 spiro atoms. The molecular weight excluding hydrogens is 286 g/mol. The summed E-state index contributed by atoms with van der Waals surface area (Å²) in [5.41, 5.74) is 9.39. The number of rotatable bonds is 3. The minimum atomic E-state index is 0.604. The summed E-state index contributed by atoms with van der Waals surface area (Å²) >= 11 is 6.32. The van der Waals surface area contributed by atoms with Crippen LogP contribution >= 0.6 is 11.6 Å². The Hall–Kier alpha value is -2.20. The van der Waals surface area contributed by atoms with Gasteiger partial charge < -0.3 is 15.0 Å². The number of anilines is 1. The van der Waals surface area contributed by atoms with Crippen LogP contribution in [0, 0.1) is 0 Å². The topological polar surface area (TPSA) is 53.1 Å². The second-order valence-electron chi connectivity index (χ2n) is 4.74. The van der Waals surface area contributed by atoms with Crippen LogP contribution in [-0.2, 0) is 6.54 Å². The first kappa shape index (κ1) is 13.8. The lowest BCUT2D eigenvalue weighted by Crippen LogP contribution is -2.00. The van der Waals surface area contributed by atoms with Crippen LogP contribution in [0.2, 0.25) is 5.02 Å². The van der Waals surface area contributed by atoms with Gasteiger partial charge in [-0.05, 0) is 31.2 Å². The molecule has 3 aromatic rings. The van der Waals surface area contributed by atoms with Crippen LogP contribution < -0.4 is 10.5 Å². The van der Waals surface area contributed by atoms with Gasteiger partial charge in [-0.1, -0.05) is 17.7 Å². The van der Waals surface area contributed by atoms with Gasteiger partial charge in [0.05, 0.1) is 28.7 Å². The van der Waals surface area contributed by atoms with Gasteiger partial charge in [0.1, 0.15) is 11.6 Å². The van der Waals surface area contributed by atoms with E-state index in [0.717, 1.165) is 34.7 Å². The first-order valence-electron chi connectivity index (χ1n) is 6.74. The number of hydrogen-bond donors (Lipinski definition) is 1. The molecule has 1 aromatic heterocycles. The predicted octanol–water partition coefficient (Wildman–Crippen LogP) is 3.97. The molecule has 0 saturated carbocycles. The molecule has 4 nitrogen and oxygen atoms in total. The summed E-state index contributed by atoms with van der Waals surface area (Å²) in [6, 6.07) is 11.3. The van der Waals surface area contributed by atoms with Gasteiger partial charge in [0.25, 0.3) is 0 Å². The van der Waals surface area contributed by atoms with Crippen LogP contribution in [0.4, 0.5) is 5.69 Å². The highest BCUT2D eigenvalue weighted by Crippen LogP contribution is 2.35. The van der Waals surface area contributed by atoms with Gasteiger partial charge in [0.15, 0.2) is 0 Å². The average Bonchev–Trinajstić information content (AvgIpc) is 2.84. The van der Waals surface area contributed by atoms with Gasteiger partial charge in [-0.15, -0.1) is 0 Å². The average molecular weight is 302 g/mol. The van der Waals surface area contributed by atoms with E-state index in [2.05, 4.69) is 11.5 Å². The molecule has 0 bridgehead atoms. The Kier molecular flexibility index (Phi) is 3.47. The van der Waals surface area contributed by atoms with Crippen LogP contribution in [0.5, 0.6) is 5.75 Å². The summed E-state index contributed by atoms with van der Waals surface area (Å²) in [5.74, 6) is 1.56. The molecule has 2 N–H and O–H groups in total. The first-order chi connectivity index (χ1) is 10.2. The molecule has 0 radical (unpaired) electrons. The van der Waals surface area contributed by atoms with Crippen LogP contribution in [0.25, 0.3) is 22.4 Å². The first-order valence-corrected chi connectivity index (χ1v) is 7.12. The molecule has 0 aliphatic heterocycles. The monoisotopic (exact) mass is 301 g/mol. The Labute approximate surface area is 128 Å². The van der Waals surface area contributed by atoms with E-state index in [-0.39, 0.29) is 0 Å². The van der Waals surface area contributed by atoms with E-state index in [1.54, 1.807) is 7.11 Å². The second kappa shape index (κ2) is 5.30. The summed E-state index contributed by atoms with van der Waals surface area (Å²) in [6.45, 7) is 2.85.